The van der Waals surface area contributed by atoms with Crippen LogP contribution in [0.15, 0.2) is 36.4 Å². The number of rotatable bonds is 9. The third-order valence-electron chi connectivity index (χ3n) is 4.68. The average Bonchev–Trinajstić information content (AvgIpc) is 3.50. The van der Waals surface area contributed by atoms with Gasteiger partial charge in [-0.2, -0.15) is 0 Å². The Morgan fingerprint density at radius 2 is 2.00 bits per heavy atom. The van der Waals surface area contributed by atoms with Gasteiger partial charge in [0.2, 0.25) is 0 Å². The number of carbonyl (C=O) groups excluding carboxylic acids is 2. The van der Waals surface area contributed by atoms with Crippen molar-refractivity contribution in [2.24, 2.45) is 17.6 Å². The van der Waals surface area contributed by atoms with Crippen LogP contribution in [0.25, 0.3) is 11.3 Å². The molecule has 1 atom stereocenters. The normalized spacial score (nSPS) is 15.6. The van der Waals surface area contributed by atoms with Gasteiger partial charge in [0.15, 0.2) is 6.29 Å². The van der Waals surface area contributed by atoms with E-state index in [2.05, 4.69) is 10.3 Å². The fraction of sp³-hybridized carbons (Fsp3) is 0.409. The summed E-state index contributed by atoms with van der Waals surface area (Å²) in [4.78, 5) is 28.7. The molecule has 3 rings (SSSR count). The molecular weight excluding hydrogens is 390 g/mol. The molecule has 0 unspecified atom stereocenters. The van der Waals surface area contributed by atoms with Crippen molar-refractivity contribution in [2.45, 2.75) is 38.8 Å². The summed E-state index contributed by atoms with van der Waals surface area (Å²) in [6.07, 6.45) is 3.24. The predicted molar refractivity (Wildman–Crippen MR) is 113 cm³/mol. The van der Waals surface area contributed by atoms with Crippen molar-refractivity contribution >= 4 is 23.8 Å². The molecule has 0 radical (unpaired) electrons. The summed E-state index contributed by atoms with van der Waals surface area (Å²) in [7, 11) is 0. The van der Waals surface area contributed by atoms with Gasteiger partial charge in [-0.05, 0) is 55.4 Å². The number of nitrogens with zero attached hydrogens (tertiary/aromatic N) is 1. The van der Waals surface area contributed by atoms with Gasteiger partial charge >= 0.3 is 0 Å². The number of benzene rings is 1. The zero-order valence-electron chi connectivity index (χ0n) is 16.7. The molecule has 0 bridgehead atoms. The van der Waals surface area contributed by atoms with Crippen molar-refractivity contribution in [3.8, 4) is 17.0 Å². The fourth-order valence-corrected chi connectivity index (χ4v) is 3.20. The van der Waals surface area contributed by atoms with E-state index in [1.807, 2.05) is 26.0 Å². The first-order chi connectivity index (χ1) is 13.8. The maximum Gasteiger partial charge on any atom is 0.271 e. The Morgan fingerprint density at radius 1 is 1.31 bits per heavy atom. The van der Waals surface area contributed by atoms with Gasteiger partial charge in [-0.15, -0.1) is 0 Å². The largest absolute Gasteiger partial charge is 0.491 e. The summed E-state index contributed by atoms with van der Waals surface area (Å²) >= 11 is 6.00. The minimum Gasteiger partial charge on any atom is -0.491 e. The molecule has 1 saturated carbocycles. The molecule has 1 amide bonds. The van der Waals surface area contributed by atoms with Crippen molar-refractivity contribution < 1.29 is 14.3 Å². The van der Waals surface area contributed by atoms with Crippen molar-refractivity contribution in [1.29, 1.82) is 0 Å². The van der Waals surface area contributed by atoms with Crippen LogP contribution in [0.1, 0.15) is 43.6 Å². The highest BCUT2D eigenvalue weighted by Crippen LogP contribution is 2.33. The molecular formula is C22H26ClN3O3. The molecule has 6 nitrogen and oxygen atoms in total. The SMILES string of the molecule is CC(C)C[C@@](N)(C=O)NC(=O)c1ccc(OCC2CC2)c(-c2ccc(Cl)cc2)n1. The average molecular weight is 416 g/mol. The molecule has 29 heavy (non-hydrogen) atoms. The maximum atomic E-state index is 12.8. The zero-order valence-corrected chi connectivity index (χ0v) is 17.4. The molecule has 1 aromatic heterocycles. The third kappa shape index (κ3) is 5.78. The molecule has 1 fully saturated rings. The summed E-state index contributed by atoms with van der Waals surface area (Å²) in [5, 5.41) is 3.21. The first kappa shape index (κ1) is 21.3. The molecule has 1 aliphatic rings. The number of ether oxygens (including phenoxy) is 1. The molecule has 3 N–H and O–H groups in total. The van der Waals surface area contributed by atoms with Crippen molar-refractivity contribution in [2.75, 3.05) is 6.61 Å². The Morgan fingerprint density at radius 3 is 2.59 bits per heavy atom. The van der Waals surface area contributed by atoms with E-state index in [4.69, 9.17) is 22.1 Å². The van der Waals surface area contributed by atoms with E-state index >= 15 is 0 Å². The number of aromatic nitrogens is 1. The lowest BCUT2D eigenvalue weighted by molar-refractivity contribution is -0.113. The number of pyridine rings is 1. The summed E-state index contributed by atoms with van der Waals surface area (Å²) in [5.74, 6) is 0.815. The van der Waals surface area contributed by atoms with Gasteiger partial charge in [-0.1, -0.05) is 37.6 Å². The van der Waals surface area contributed by atoms with Crippen LogP contribution in [0.3, 0.4) is 0 Å². The number of halogens is 1. The van der Waals surface area contributed by atoms with Gasteiger partial charge in [0.25, 0.3) is 5.91 Å². The lowest BCUT2D eigenvalue weighted by atomic mass is 9.99. The highest BCUT2D eigenvalue weighted by atomic mass is 35.5. The molecule has 154 valence electrons. The second kappa shape index (κ2) is 8.93. The molecule has 1 heterocycles. The Hall–Kier alpha value is -2.44. The Bertz CT molecular complexity index is 881. The van der Waals surface area contributed by atoms with E-state index in [0.717, 1.165) is 5.56 Å². The van der Waals surface area contributed by atoms with E-state index in [1.54, 1.807) is 24.3 Å². The van der Waals surface area contributed by atoms with E-state index in [1.165, 1.54) is 12.8 Å². The minimum absolute atomic E-state index is 0.140. The Kier molecular flexibility index (Phi) is 6.55. The van der Waals surface area contributed by atoms with Crippen molar-refractivity contribution in [3.63, 3.8) is 0 Å². The number of hydrogen-bond donors (Lipinski definition) is 2. The molecule has 0 saturated heterocycles. The predicted octanol–water partition coefficient (Wildman–Crippen LogP) is 3.82. The number of amides is 1. The zero-order chi connectivity index (χ0) is 21.0. The lowest BCUT2D eigenvalue weighted by Gasteiger charge is -2.26. The molecule has 0 aliphatic heterocycles. The fourth-order valence-electron chi connectivity index (χ4n) is 3.08. The van der Waals surface area contributed by atoms with Crippen LogP contribution in [0.2, 0.25) is 5.02 Å². The van der Waals surface area contributed by atoms with Gasteiger partial charge < -0.3 is 15.8 Å². The monoisotopic (exact) mass is 415 g/mol. The molecule has 0 spiro atoms. The molecule has 1 aromatic carbocycles. The molecule has 1 aliphatic carbocycles. The van der Waals surface area contributed by atoms with Crippen LogP contribution in [0.4, 0.5) is 0 Å². The van der Waals surface area contributed by atoms with Gasteiger partial charge in [-0.25, -0.2) is 4.98 Å². The van der Waals surface area contributed by atoms with Gasteiger partial charge in [0.05, 0.1) is 6.61 Å². The van der Waals surface area contributed by atoms with Crippen LogP contribution < -0.4 is 15.8 Å². The third-order valence-corrected chi connectivity index (χ3v) is 4.93. The smallest absolute Gasteiger partial charge is 0.271 e. The number of nitrogens with two attached hydrogens (primary N) is 1. The van der Waals surface area contributed by atoms with Crippen LogP contribution in [0, 0.1) is 11.8 Å². The van der Waals surface area contributed by atoms with Crippen LogP contribution >= 0.6 is 11.6 Å². The highest BCUT2D eigenvalue weighted by Gasteiger charge is 2.29. The van der Waals surface area contributed by atoms with Crippen molar-refractivity contribution in [3.05, 3.63) is 47.1 Å². The molecule has 7 heteroatoms. The summed E-state index contributed by atoms with van der Waals surface area (Å²) < 4.78 is 5.95. The summed E-state index contributed by atoms with van der Waals surface area (Å²) in [6.45, 7) is 4.49. The first-order valence-electron chi connectivity index (χ1n) is 9.77. The number of hydrogen-bond acceptors (Lipinski definition) is 5. The standard InChI is InChI=1S/C22H26ClN3O3/c1-14(2)11-22(24,13-27)26-21(28)18-9-10-19(29-12-15-3-4-15)20(25-18)16-5-7-17(23)8-6-16/h5-10,13-15H,3-4,11-12,24H2,1-2H3,(H,26,28)/t22-/m0/s1. The van der Waals surface area contributed by atoms with E-state index in [0.29, 0.717) is 41.7 Å². The van der Waals surface area contributed by atoms with Gasteiger partial charge in [-0.3, -0.25) is 9.59 Å². The van der Waals surface area contributed by atoms with Crippen molar-refractivity contribution in [1.82, 2.24) is 10.3 Å². The first-order valence-corrected chi connectivity index (χ1v) is 10.1. The number of nitrogens with one attached hydrogen (secondary N) is 1. The quantitative estimate of drug-likeness (QED) is 0.479. The Labute approximate surface area is 175 Å². The highest BCUT2D eigenvalue weighted by molar-refractivity contribution is 6.30. The maximum absolute atomic E-state index is 12.8. The van der Waals surface area contributed by atoms with E-state index < -0.39 is 11.6 Å². The van der Waals surface area contributed by atoms with E-state index in [9.17, 15) is 9.59 Å². The van der Waals surface area contributed by atoms with E-state index in [-0.39, 0.29) is 11.6 Å². The topological polar surface area (TPSA) is 94.3 Å². The van der Waals surface area contributed by atoms with Gasteiger partial charge in [0, 0.05) is 10.6 Å². The summed E-state index contributed by atoms with van der Waals surface area (Å²) in [5.41, 5.74) is 6.11. The Balaban J connectivity index is 1.88. The second-order valence-electron chi connectivity index (χ2n) is 8.01. The second-order valence-corrected chi connectivity index (χ2v) is 8.45. The molecule has 2 aromatic rings. The van der Waals surface area contributed by atoms with Crippen LogP contribution in [-0.4, -0.2) is 29.4 Å². The van der Waals surface area contributed by atoms with Gasteiger partial charge in [0.1, 0.15) is 22.8 Å². The number of carbonyl (C=O) groups is 2. The lowest BCUT2D eigenvalue weighted by Crippen LogP contribution is -2.58. The number of aldehydes is 1. The summed E-state index contributed by atoms with van der Waals surface area (Å²) in [6, 6.07) is 10.5. The minimum atomic E-state index is -1.44. The van der Waals surface area contributed by atoms with Crippen LogP contribution in [0.5, 0.6) is 5.75 Å². The van der Waals surface area contributed by atoms with Crippen LogP contribution in [-0.2, 0) is 4.79 Å².